The van der Waals surface area contributed by atoms with E-state index in [0.717, 1.165) is 57.4 Å². The quantitative estimate of drug-likeness (QED) is 0.346. The van der Waals surface area contributed by atoms with Crippen molar-refractivity contribution < 1.29 is 14.0 Å². The average Bonchev–Trinajstić information content (AvgIpc) is 3.48. The van der Waals surface area contributed by atoms with Gasteiger partial charge in [0.1, 0.15) is 11.1 Å². The number of benzene rings is 1. The van der Waals surface area contributed by atoms with E-state index in [-0.39, 0.29) is 23.3 Å². The highest BCUT2D eigenvalue weighted by Crippen LogP contribution is 2.40. The van der Waals surface area contributed by atoms with E-state index in [1.54, 1.807) is 0 Å². The molecule has 0 spiro atoms. The molecule has 3 heterocycles. The lowest BCUT2D eigenvalue weighted by Crippen LogP contribution is -2.56. The molecule has 1 aromatic carbocycles. The molecule has 1 aromatic heterocycles. The van der Waals surface area contributed by atoms with Crippen molar-refractivity contribution in [3.63, 3.8) is 0 Å². The first kappa shape index (κ1) is 28.9. The van der Waals surface area contributed by atoms with Crippen LogP contribution in [-0.4, -0.2) is 66.2 Å². The van der Waals surface area contributed by atoms with Crippen LogP contribution in [0.1, 0.15) is 80.1 Å². The second-order valence-electron chi connectivity index (χ2n) is 13.7. The number of anilines is 1. The molecule has 2 aromatic rings. The van der Waals surface area contributed by atoms with Crippen molar-refractivity contribution in [3.8, 4) is 0 Å². The second-order valence-corrected chi connectivity index (χ2v) is 18.5. The van der Waals surface area contributed by atoms with Crippen LogP contribution in [0.25, 0.3) is 11.0 Å². The standard InChI is InChI=1S/C30H50N4O3Si/c1-29(2,3)36-28(35)34-21-13-17-26(37-38(7,8)30(4,5)6)23(34)16-12-20-33-22-31-27-24(14-11-15-25(27)33)32-18-9-10-19-32/h11,14-15,22-23,26H,9-10,12-13,16-21H2,1-8H3/t23-,26+/m1/s1. The number of hydrogen-bond donors (Lipinski definition) is 0. The fourth-order valence-corrected chi connectivity index (χ4v) is 6.92. The zero-order chi connectivity index (χ0) is 27.7. The first-order chi connectivity index (χ1) is 17.8. The van der Waals surface area contributed by atoms with Crippen LogP contribution in [0.4, 0.5) is 10.5 Å². The predicted octanol–water partition coefficient (Wildman–Crippen LogP) is 7.21. The summed E-state index contributed by atoms with van der Waals surface area (Å²) in [5, 5.41) is 0.120. The smallest absolute Gasteiger partial charge is 0.410 e. The van der Waals surface area contributed by atoms with Crippen LogP contribution in [0.2, 0.25) is 18.1 Å². The summed E-state index contributed by atoms with van der Waals surface area (Å²) in [6, 6.07) is 6.55. The number of aromatic nitrogens is 2. The van der Waals surface area contributed by atoms with Gasteiger partial charge in [-0.2, -0.15) is 0 Å². The zero-order valence-corrected chi connectivity index (χ0v) is 26.0. The molecule has 2 aliphatic heterocycles. The van der Waals surface area contributed by atoms with Crippen molar-refractivity contribution in [2.24, 2.45) is 0 Å². The molecule has 8 heteroatoms. The molecule has 2 saturated heterocycles. The Hall–Kier alpha value is -2.06. The summed E-state index contributed by atoms with van der Waals surface area (Å²) in [5.41, 5.74) is 3.03. The minimum absolute atomic E-state index is 0.0164. The topological polar surface area (TPSA) is 59.8 Å². The van der Waals surface area contributed by atoms with Gasteiger partial charge < -0.3 is 23.5 Å². The van der Waals surface area contributed by atoms with Crippen molar-refractivity contribution in [3.05, 3.63) is 24.5 Å². The van der Waals surface area contributed by atoms with Gasteiger partial charge in [-0.05, 0) is 89.6 Å². The van der Waals surface area contributed by atoms with Gasteiger partial charge in [0, 0.05) is 26.2 Å². The number of imidazole rings is 1. The SMILES string of the molecule is CC(C)(C)OC(=O)N1CCC[C@H](O[Si](C)(C)C(C)(C)C)[C@H]1CCCn1cnc2c(N3CCCC3)cccc21. The highest BCUT2D eigenvalue weighted by atomic mass is 28.4. The lowest BCUT2D eigenvalue weighted by Gasteiger charge is -2.47. The highest BCUT2D eigenvalue weighted by molar-refractivity contribution is 6.74. The lowest BCUT2D eigenvalue weighted by molar-refractivity contribution is -0.0219. The largest absolute Gasteiger partial charge is 0.444 e. The van der Waals surface area contributed by atoms with Crippen molar-refractivity contribution in [2.45, 2.75) is 122 Å². The minimum atomic E-state index is -1.99. The first-order valence-corrected chi connectivity index (χ1v) is 17.5. The Morgan fingerprint density at radius 1 is 1.05 bits per heavy atom. The molecule has 0 radical (unpaired) electrons. The molecule has 7 nitrogen and oxygen atoms in total. The number of hydrogen-bond acceptors (Lipinski definition) is 5. The summed E-state index contributed by atoms with van der Waals surface area (Å²) in [7, 11) is -1.99. The van der Waals surface area contributed by atoms with Gasteiger partial charge >= 0.3 is 6.09 Å². The summed E-state index contributed by atoms with van der Waals surface area (Å²) in [4.78, 5) is 22.5. The number of rotatable bonds is 7. The molecule has 0 aliphatic carbocycles. The fraction of sp³-hybridized carbons (Fsp3) is 0.733. The van der Waals surface area contributed by atoms with Crippen molar-refractivity contribution >= 4 is 31.1 Å². The van der Waals surface area contributed by atoms with E-state index in [0.29, 0.717) is 0 Å². The van der Waals surface area contributed by atoms with Gasteiger partial charge in [-0.1, -0.05) is 26.8 Å². The molecule has 2 atom stereocenters. The van der Waals surface area contributed by atoms with E-state index in [1.807, 2.05) is 32.0 Å². The van der Waals surface area contributed by atoms with E-state index in [2.05, 4.69) is 61.5 Å². The van der Waals surface area contributed by atoms with Crippen LogP contribution in [-0.2, 0) is 15.7 Å². The zero-order valence-electron chi connectivity index (χ0n) is 25.0. The molecular formula is C30H50N4O3Si. The van der Waals surface area contributed by atoms with E-state index in [9.17, 15) is 4.79 Å². The van der Waals surface area contributed by atoms with E-state index in [1.165, 1.54) is 24.0 Å². The van der Waals surface area contributed by atoms with E-state index < -0.39 is 13.9 Å². The molecular weight excluding hydrogens is 492 g/mol. The summed E-state index contributed by atoms with van der Waals surface area (Å²) in [6.45, 7) is 21.1. The maximum absolute atomic E-state index is 13.3. The molecule has 0 N–H and O–H groups in total. The number of fused-ring (bicyclic) bond motifs is 1. The Bertz CT molecular complexity index is 1100. The average molecular weight is 543 g/mol. The highest BCUT2D eigenvalue weighted by Gasteiger charge is 2.44. The number of aryl methyl sites for hydroxylation is 1. The van der Waals surface area contributed by atoms with Crippen LogP contribution >= 0.6 is 0 Å². The molecule has 0 unspecified atom stereocenters. The number of para-hydroxylation sites is 1. The lowest BCUT2D eigenvalue weighted by atomic mass is 9.95. The Labute approximate surface area is 231 Å². The molecule has 1 amide bonds. The van der Waals surface area contributed by atoms with Crippen LogP contribution in [0, 0.1) is 0 Å². The summed E-state index contributed by atoms with van der Waals surface area (Å²) in [6.07, 6.45) is 8.08. The number of ether oxygens (including phenoxy) is 1. The van der Waals surface area contributed by atoms with Crippen LogP contribution < -0.4 is 4.90 Å². The number of carbonyl (C=O) groups excluding carboxylic acids is 1. The van der Waals surface area contributed by atoms with Gasteiger partial charge in [0.15, 0.2) is 8.32 Å². The van der Waals surface area contributed by atoms with Gasteiger partial charge in [0.2, 0.25) is 0 Å². The van der Waals surface area contributed by atoms with E-state index >= 15 is 0 Å². The minimum Gasteiger partial charge on any atom is -0.444 e. The third-order valence-electron chi connectivity index (χ3n) is 8.57. The number of carbonyl (C=O) groups is 1. The van der Waals surface area contributed by atoms with Gasteiger partial charge in [-0.25, -0.2) is 9.78 Å². The second kappa shape index (κ2) is 11.2. The van der Waals surface area contributed by atoms with Gasteiger partial charge in [-0.15, -0.1) is 0 Å². The number of amides is 1. The Morgan fingerprint density at radius 2 is 1.76 bits per heavy atom. The Kier molecular flexibility index (Phi) is 8.53. The third kappa shape index (κ3) is 6.56. The predicted molar refractivity (Wildman–Crippen MR) is 158 cm³/mol. The van der Waals surface area contributed by atoms with Gasteiger partial charge in [0.25, 0.3) is 0 Å². The van der Waals surface area contributed by atoms with Crippen LogP contribution in [0.3, 0.4) is 0 Å². The van der Waals surface area contributed by atoms with Crippen LogP contribution in [0.15, 0.2) is 24.5 Å². The van der Waals surface area contributed by atoms with Crippen molar-refractivity contribution in [1.29, 1.82) is 0 Å². The molecule has 2 fully saturated rings. The maximum Gasteiger partial charge on any atom is 0.410 e. The molecule has 0 bridgehead atoms. The number of likely N-dealkylation sites (tertiary alicyclic amines) is 1. The molecule has 2 aliphatic rings. The molecule has 212 valence electrons. The summed E-state index contributed by atoms with van der Waals surface area (Å²) in [5.74, 6) is 0. The van der Waals surface area contributed by atoms with Gasteiger partial charge in [0.05, 0.1) is 29.7 Å². The molecule has 38 heavy (non-hydrogen) atoms. The Morgan fingerprint density at radius 3 is 2.42 bits per heavy atom. The van der Waals surface area contributed by atoms with Crippen molar-refractivity contribution in [1.82, 2.24) is 14.5 Å². The number of nitrogens with zero attached hydrogens (tertiary/aromatic N) is 4. The van der Waals surface area contributed by atoms with E-state index in [4.69, 9.17) is 14.1 Å². The molecule has 4 rings (SSSR count). The van der Waals surface area contributed by atoms with Gasteiger partial charge in [-0.3, -0.25) is 0 Å². The fourth-order valence-electron chi connectivity index (χ4n) is 5.54. The summed E-state index contributed by atoms with van der Waals surface area (Å²) < 4.78 is 15.1. The molecule has 0 saturated carbocycles. The third-order valence-corrected chi connectivity index (χ3v) is 13.1. The first-order valence-electron chi connectivity index (χ1n) is 14.6. The van der Waals surface area contributed by atoms with Crippen molar-refractivity contribution in [2.75, 3.05) is 24.5 Å². The maximum atomic E-state index is 13.3. The Balaban J connectivity index is 1.51. The van der Waals surface area contributed by atoms with Crippen LogP contribution in [0.5, 0.6) is 0 Å². The number of piperidine rings is 1. The normalized spacial score (nSPS) is 21.4. The summed E-state index contributed by atoms with van der Waals surface area (Å²) >= 11 is 0. The monoisotopic (exact) mass is 542 g/mol.